The Morgan fingerprint density at radius 3 is 2.62 bits per heavy atom. The number of pyridine rings is 1. The number of hydrogen-bond donors (Lipinski definition) is 1. The molecule has 32 heavy (non-hydrogen) atoms. The van der Waals surface area contributed by atoms with Gasteiger partial charge in [-0.15, -0.1) is 17.0 Å². The molecule has 3 heterocycles. The van der Waals surface area contributed by atoms with Crippen LogP contribution in [-0.4, -0.2) is 87.2 Å². The zero-order valence-electron chi connectivity index (χ0n) is 18.2. The Morgan fingerprint density at radius 2 is 1.97 bits per heavy atom. The number of rotatable bonds is 8. The summed E-state index contributed by atoms with van der Waals surface area (Å²) in [6.45, 7) is 6.06. The molecule has 3 rings (SSSR count). The lowest BCUT2D eigenvalue weighted by Crippen LogP contribution is -2.53. The number of aliphatic imine (C=N–C) groups is 1. The van der Waals surface area contributed by atoms with Crippen LogP contribution in [0.3, 0.4) is 0 Å². The molecule has 0 amide bonds. The third-order valence-electron chi connectivity index (χ3n) is 5.32. The highest BCUT2D eigenvalue weighted by molar-refractivity contribution is 8.93. The summed E-state index contributed by atoms with van der Waals surface area (Å²) in [5.74, 6) is 1.71. The number of unbranched alkanes of at least 4 members (excludes halogenated alkanes) is 1. The number of hydrogen-bond acceptors (Lipinski definition) is 5. The Labute approximate surface area is 198 Å². The molecule has 0 aromatic carbocycles. The zero-order chi connectivity index (χ0) is 21.9. The lowest BCUT2D eigenvalue weighted by Gasteiger charge is -2.37. The van der Waals surface area contributed by atoms with E-state index in [9.17, 15) is 13.2 Å². The largest absolute Gasteiger partial charge is 0.389 e. The summed E-state index contributed by atoms with van der Waals surface area (Å²) >= 11 is 0. The van der Waals surface area contributed by atoms with Crippen LogP contribution in [0.15, 0.2) is 29.4 Å². The maximum atomic E-state index is 12.4. The monoisotopic (exact) mass is 523 g/mol. The maximum Gasteiger partial charge on any atom is 0.389 e. The molecule has 1 unspecified atom stereocenters. The van der Waals surface area contributed by atoms with E-state index in [0.717, 1.165) is 44.4 Å². The molecule has 182 valence electrons. The van der Waals surface area contributed by atoms with Gasteiger partial charge in [0.1, 0.15) is 5.82 Å². The highest BCUT2D eigenvalue weighted by Crippen LogP contribution is 2.22. The molecule has 1 atom stereocenters. The van der Waals surface area contributed by atoms with E-state index in [2.05, 4.69) is 25.1 Å². The minimum Gasteiger partial charge on any atom is -0.376 e. The molecule has 1 N–H and O–H groups in total. The quantitative estimate of drug-likeness (QED) is 0.320. The van der Waals surface area contributed by atoms with Gasteiger partial charge >= 0.3 is 6.18 Å². The highest BCUT2D eigenvalue weighted by atomic mass is 79.9. The lowest BCUT2D eigenvalue weighted by molar-refractivity contribution is -0.135. The molecular weight excluding hydrogens is 491 g/mol. The molecule has 0 radical (unpaired) electrons. The van der Waals surface area contributed by atoms with Crippen molar-refractivity contribution in [3.63, 3.8) is 0 Å². The summed E-state index contributed by atoms with van der Waals surface area (Å²) in [6, 6.07) is 5.87. The lowest BCUT2D eigenvalue weighted by atomic mass is 10.2. The van der Waals surface area contributed by atoms with Crippen LogP contribution in [-0.2, 0) is 9.47 Å². The summed E-state index contributed by atoms with van der Waals surface area (Å²) in [4.78, 5) is 13.4. The van der Waals surface area contributed by atoms with E-state index in [0.29, 0.717) is 39.3 Å². The van der Waals surface area contributed by atoms with Gasteiger partial charge in [0.2, 0.25) is 0 Å². The molecule has 0 saturated carbocycles. The second kappa shape index (κ2) is 13.8. The smallest absolute Gasteiger partial charge is 0.376 e. The number of piperazine rings is 1. The van der Waals surface area contributed by atoms with Gasteiger partial charge in [-0.3, -0.25) is 4.99 Å². The molecule has 2 fully saturated rings. The van der Waals surface area contributed by atoms with Gasteiger partial charge in [-0.25, -0.2) is 4.98 Å². The fraction of sp³-hybridized carbons (Fsp3) is 0.714. The van der Waals surface area contributed by atoms with Crippen LogP contribution in [0, 0.1) is 0 Å². The minimum absolute atomic E-state index is 0. The van der Waals surface area contributed by atoms with Crippen molar-refractivity contribution in [2.24, 2.45) is 4.99 Å². The van der Waals surface area contributed by atoms with Gasteiger partial charge in [0.05, 0.1) is 25.9 Å². The molecule has 2 aliphatic heterocycles. The van der Waals surface area contributed by atoms with Crippen LogP contribution >= 0.6 is 17.0 Å². The third-order valence-corrected chi connectivity index (χ3v) is 5.32. The Morgan fingerprint density at radius 1 is 1.16 bits per heavy atom. The van der Waals surface area contributed by atoms with Crippen LogP contribution in [0.4, 0.5) is 19.0 Å². The van der Waals surface area contributed by atoms with Gasteiger partial charge < -0.3 is 24.6 Å². The standard InChI is InChI=1S/C21H32F3N5O2.BrH/c22-21(23,24)7-2-4-9-26-20(27-10-6-18-17-30-15-16-31-18)29-13-11-28(12-14-29)19-5-1-3-8-25-19;/h1,3,5,8,18H,2,4,6-7,9-17H2,(H,26,27);1H. The van der Waals surface area contributed by atoms with Crippen molar-refractivity contribution in [3.8, 4) is 0 Å². The van der Waals surface area contributed by atoms with E-state index in [1.54, 1.807) is 6.20 Å². The average molecular weight is 524 g/mol. The van der Waals surface area contributed by atoms with Crippen molar-refractivity contribution < 1.29 is 22.6 Å². The molecule has 11 heteroatoms. The Kier molecular flexibility index (Phi) is 11.5. The van der Waals surface area contributed by atoms with Crippen LogP contribution in [0.2, 0.25) is 0 Å². The van der Waals surface area contributed by atoms with E-state index in [4.69, 9.17) is 9.47 Å². The number of guanidine groups is 1. The van der Waals surface area contributed by atoms with Crippen LogP contribution in [0.1, 0.15) is 25.7 Å². The Bertz CT molecular complexity index is 667. The summed E-state index contributed by atoms with van der Waals surface area (Å²) in [5.41, 5.74) is 0. The predicted molar refractivity (Wildman–Crippen MR) is 124 cm³/mol. The summed E-state index contributed by atoms with van der Waals surface area (Å²) in [6.07, 6.45) is -1.70. The molecule has 2 saturated heterocycles. The fourth-order valence-corrected chi connectivity index (χ4v) is 3.63. The molecular formula is C21H33BrF3N5O2. The van der Waals surface area contributed by atoms with Crippen LogP contribution in [0.5, 0.6) is 0 Å². The van der Waals surface area contributed by atoms with Gasteiger partial charge in [0.25, 0.3) is 0 Å². The minimum atomic E-state index is -4.10. The number of nitrogens with one attached hydrogen (secondary N) is 1. The number of ether oxygens (including phenoxy) is 2. The van der Waals surface area contributed by atoms with Crippen molar-refractivity contribution in [2.45, 2.75) is 38.0 Å². The second-order valence-electron chi connectivity index (χ2n) is 7.72. The number of aromatic nitrogens is 1. The van der Waals surface area contributed by atoms with Gasteiger partial charge in [-0.1, -0.05) is 6.07 Å². The number of alkyl halides is 3. The first kappa shape index (κ1) is 26.7. The van der Waals surface area contributed by atoms with Crippen LogP contribution in [0.25, 0.3) is 0 Å². The van der Waals surface area contributed by atoms with Crippen molar-refractivity contribution in [3.05, 3.63) is 24.4 Å². The SMILES string of the molecule is Br.FC(F)(F)CCCCN=C(NCCC1COCCO1)N1CCN(c2ccccn2)CC1. The van der Waals surface area contributed by atoms with Gasteiger partial charge in [-0.05, 0) is 31.4 Å². The Hall–Kier alpha value is -1.59. The first-order chi connectivity index (χ1) is 15.0. The van der Waals surface area contributed by atoms with E-state index in [1.807, 2.05) is 18.2 Å². The van der Waals surface area contributed by atoms with Crippen molar-refractivity contribution in [1.82, 2.24) is 15.2 Å². The fourth-order valence-electron chi connectivity index (χ4n) is 3.63. The third kappa shape index (κ3) is 9.50. The summed E-state index contributed by atoms with van der Waals surface area (Å²) in [7, 11) is 0. The summed E-state index contributed by atoms with van der Waals surface area (Å²) in [5, 5.41) is 3.38. The van der Waals surface area contributed by atoms with E-state index in [1.165, 1.54) is 0 Å². The van der Waals surface area contributed by atoms with Crippen molar-refractivity contribution >= 4 is 28.8 Å². The zero-order valence-corrected chi connectivity index (χ0v) is 19.9. The van der Waals surface area contributed by atoms with Gasteiger partial charge in [0.15, 0.2) is 5.96 Å². The molecule has 0 spiro atoms. The van der Waals surface area contributed by atoms with E-state index >= 15 is 0 Å². The second-order valence-corrected chi connectivity index (χ2v) is 7.72. The first-order valence-electron chi connectivity index (χ1n) is 11.0. The molecule has 7 nitrogen and oxygen atoms in total. The molecule has 2 aliphatic rings. The molecule has 0 aliphatic carbocycles. The van der Waals surface area contributed by atoms with E-state index in [-0.39, 0.29) is 29.5 Å². The maximum absolute atomic E-state index is 12.4. The Balaban J connectivity index is 0.00000363. The van der Waals surface area contributed by atoms with Gasteiger partial charge in [0, 0.05) is 51.9 Å². The summed E-state index contributed by atoms with van der Waals surface area (Å²) < 4.78 is 48.2. The number of halogens is 4. The molecule has 0 bridgehead atoms. The highest BCUT2D eigenvalue weighted by Gasteiger charge is 2.26. The number of anilines is 1. The van der Waals surface area contributed by atoms with Crippen molar-refractivity contribution in [1.29, 1.82) is 0 Å². The van der Waals surface area contributed by atoms with Crippen molar-refractivity contribution in [2.75, 3.05) is 64.0 Å². The number of nitrogens with zero attached hydrogens (tertiary/aromatic N) is 4. The average Bonchev–Trinajstić information content (AvgIpc) is 2.78. The topological polar surface area (TPSA) is 62.2 Å². The predicted octanol–water partition coefficient (Wildman–Crippen LogP) is 3.27. The van der Waals surface area contributed by atoms with Gasteiger partial charge in [-0.2, -0.15) is 13.2 Å². The molecule has 1 aromatic rings. The normalized spacial score (nSPS) is 20.1. The van der Waals surface area contributed by atoms with Crippen LogP contribution < -0.4 is 10.2 Å². The van der Waals surface area contributed by atoms with E-state index < -0.39 is 12.6 Å². The first-order valence-corrected chi connectivity index (χ1v) is 11.0. The molecule has 1 aromatic heterocycles.